The molecule has 1 amide bonds. The molecule has 0 radical (unpaired) electrons. The molecule has 3 rings (SSSR count). The third-order valence-electron chi connectivity index (χ3n) is 4.26. The van der Waals surface area contributed by atoms with Gasteiger partial charge >= 0.3 is 0 Å². The predicted molar refractivity (Wildman–Crippen MR) is 78.0 cm³/mol. The molecule has 1 aromatic heterocycles. The number of carbonyl (C=O) groups is 2. The molecule has 2 fully saturated rings. The Morgan fingerprint density at radius 3 is 2.95 bits per heavy atom. The van der Waals surface area contributed by atoms with E-state index >= 15 is 0 Å². The second kappa shape index (κ2) is 5.97. The number of hydrogen-bond donors (Lipinski definition) is 1. The van der Waals surface area contributed by atoms with Gasteiger partial charge in [-0.05, 0) is 19.3 Å². The number of nitrogens with one attached hydrogen (secondary N) is 1. The van der Waals surface area contributed by atoms with Crippen molar-refractivity contribution in [1.29, 1.82) is 0 Å². The molecule has 1 unspecified atom stereocenters. The van der Waals surface area contributed by atoms with E-state index in [1.54, 1.807) is 0 Å². The summed E-state index contributed by atoms with van der Waals surface area (Å²) in [6, 6.07) is 0.351. The van der Waals surface area contributed by atoms with Crippen molar-refractivity contribution in [2.24, 2.45) is 5.92 Å². The van der Waals surface area contributed by atoms with Gasteiger partial charge in [0, 0.05) is 37.3 Å². The molecule has 0 bridgehead atoms. The number of anilines is 1. The van der Waals surface area contributed by atoms with Gasteiger partial charge in [-0.15, -0.1) is 0 Å². The molecule has 0 aliphatic carbocycles. The van der Waals surface area contributed by atoms with E-state index in [2.05, 4.69) is 15.3 Å². The zero-order chi connectivity index (χ0) is 14.8. The van der Waals surface area contributed by atoms with Gasteiger partial charge in [0.25, 0.3) is 0 Å². The fourth-order valence-electron chi connectivity index (χ4n) is 3.08. The third-order valence-corrected chi connectivity index (χ3v) is 4.53. The number of hydrogen-bond acceptors (Lipinski definition) is 5. The van der Waals surface area contributed by atoms with Gasteiger partial charge in [-0.1, -0.05) is 11.6 Å². The third kappa shape index (κ3) is 3.00. The van der Waals surface area contributed by atoms with Gasteiger partial charge in [0.1, 0.15) is 0 Å². The molecule has 0 aromatic carbocycles. The van der Waals surface area contributed by atoms with E-state index in [1.807, 2.05) is 4.90 Å². The topological polar surface area (TPSA) is 75.2 Å². The van der Waals surface area contributed by atoms with Crippen LogP contribution in [0.4, 0.5) is 5.82 Å². The number of halogens is 1. The fraction of sp³-hybridized carbons (Fsp3) is 0.571. The van der Waals surface area contributed by atoms with Crippen LogP contribution in [0.1, 0.15) is 25.7 Å². The van der Waals surface area contributed by atoms with Gasteiger partial charge in [-0.3, -0.25) is 9.59 Å². The van der Waals surface area contributed by atoms with Gasteiger partial charge in [-0.2, -0.15) is 0 Å². The number of nitrogens with zero attached hydrogens (tertiary/aromatic N) is 3. The number of piperidine rings is 1. The van der Waals surface area contributed by atoms with Gasteiger partial charge < -0.3 is 10.2 Å². The normalized spacial score (nSPS) is 24.8. The van der Waals surface area contributed by atoms with E-state index in [4.69, 9.17) is 11.6 Å². The van der Waals surface area contributed by atoms with Crippen molar-refractivity contribution in [2.45, 2.75) is 31.7 Å². The van der Waals surface area contributed by atoms with Crippen LogP contribution in [0.15, 0.2) is 12.4 Å². The Hall–Kier alpha value is -1.69. The van der Waals surface area contributed by atoms with Crippen molar-refractivity contribution in [2.75, 3.05) is 18.4 Å². The highest BCUT2D eigenvalue weighted by Crippen LogP contribution is 2.31. The molecule has 21 heavy (non-hydrogen) atoms. The number of amides is 1. The van der Waals surface area contributed by atoms with Crippen LogP contribution in [0.25, 0.3) is 0 Å². The summed E-state index contributed by atoms with van der Waals surface area (Å²) in [5.41, 5.74) is 0. The van der Waals surface area contributed by atoms with Crippen LogP contribution in [0.2, 0.25) is 5.15 Å². The second-order valence-electron chi connectivity index (χ2n) is 5.53. The maximum Gasteiger partial charge on any atom is 0.222 e. The second-order valence-corrected chi connectivity index (χ2v) is 5.89. The van der Waals surface area contributed by atoms with Crippen LogP contribution in [0, 0.1) is 5.92 Å². The van der Waals surface area contributed by atoms with Crippen molar-refractivity contribution >= 4 is 29.1 Å². The van der Waals surface area contributed by atoms with Crippen LogP contribution in [-0.4, -0.2) is 45.7 Å². The maximum atomic E-state index is 12.3. The first kappa shape index (κ1) is 14.3. The van der Waals surface area contributed by atoms with Crippen molar-refractivity contribution in [3.63, 3.8) is 0 Å². The Balaban J connectivity index is 1.56. The van der Waals surface area contributed by atoms with E-state index in [0.717, 1.165) is 19.3 Å². The van der Waals surface area contributed by atoms with Crippen molar-refractivity contribution in [3.8, 4) is 0 Å². The summed E-state index contributed by atoms with van der Waals surface area (Å²) in [7, 11) is 0. The standard InChI is InChI=1S/C14H17ClN4O2/c15-13-14(17-6-5-16-13)18-7-11(20)9-1-2-10-3-4-12(21)19(10)8-9/h5-6,9-10H,1-4,7-8H2,(H,17,18)/t9-,10?/m0/s1. The van der Waals surface area contributed by atoms with E-state index < -0.39 is 0 Å². The Kier molecular flexibility index (Phi) is 4.05. The van der Waals surface area contributed by atoms with Crippen LogP contribution < -0.4 is 5.32 Å². The number of fused-ring (bicyclic) bond motifs is 1. The number of ketones is 1. The van der Waals surface area contributed by atoms with Crippen LogP contribution in [0.3, 0.4) is 0 Å². The molecule has 1 aromatic rings. The Bertz CT molecular complexity index is 566. The first-order valence-electron chi connectivity index (χ1n) is 7.17. The highest BCUT2D eigenvalue weighted by molar-refractivity contribution is 6.31. The molecule has 6 nitrogen and oxygen atoms in total. The summed E-state index contributed by atoms with van der Waals surface area (Å²) in [5, 5.41) is 3.18. The maximum absolute atomic E-state index is 12.3. The molecular weight excluding hydrogens is 292 g/mol. The van der Waals surface area contributed by atoms with Crippen LogP contribution >= 0.6 is 11.6 Å². The monoisotopic (exact) mass is 308 g/mol. The zero-order valence-corrected chi connectivity index (χ0v) is 12.3. The average molecular weight is 309 g/mol. The van der Waals surface area contributed by atoms with Gasteiger partial charge in [0.15, 0.2) is 16.8 Å². The van der Waals surface area contributed by atoms with Gasteiger partial charge in [0.2, 0.25) is 5.91 Å². The zero-order valence-electron chi connectivity index (χ0n) is 11.6. The summed E-state index contributed by atoms with van der Waals surface area (Å²) in [4.78, 5) is 33.9. The predicted octanol–water partition coefficient (Wildman–Crippen LogP) is 1.51. The Labute approximate surface area is 127 Å². The van der Waals surface area contributed by atoms with Crippen LogP contribution in [-0.2, 0) is 9.59 Å². The number of rotatable bonds is 4. The lowest BCUT2D eigenvalue weighted by Gasteiger charge is -2.34. The lowest BCUT2D eigenvalue weighted by atomic mass is 9.90. The van der Waals surface area contributed by atoms with Gasteiger partial charge in [0.05, 0.1) is 6.54 Å². The summed E-state index contributed by atoms with van der Waals surface area (Å²) in [6.07, 6.45) is 6.35. The average Bonchev–Trinajstić information content (AvgIpc) is 2.87. The molecule has 2 aliphatic heterocycles. The molecule has 2 saturated heterocycles. The molecule has 1 N–H and O–H groups in total. The Morgan fingerprint density at radius 2 is 2.14 bits per heavy atom. The number of aromatic nitrogens is 2. The first-order chi connectivity index (χ1) is 10.1. The fourth-order valence-corrected chi connectivity index (χ4v) is 3.26. The highest BCUT2D eigenvalue weighted by atomic mass is 35.5. The molecule has 0 saturated carbocycles. The lowest BCUT2D eigenvalue weighted by Crippen LogP contribution is -2.44. The van der Waals surface area contributed by atoms with Crippen molar-refractivity contribution in [1.82, 2.24) is 14.9 Å². The minimum atomic E-state index is -0.0914. The van der Waals surface area contributed by atoms with Crippen LogP contribution in [0.5, 0.6) is 0 Å². The summed E-state index contributed by atoms with van der Waals surface area (Å²) in [5.74, 6) is 0.599. The lowest BCUT2D eigenvalue weighted by molar-refractivity contribution is -0.132. The Morgan fingerprint density at radius 1 is 1.33 bits per heavy atom. The molecular formula is C14H17ClN4O2. The number of carbonyl (C=O) groups excluding carboxylic acids is 2. The van der Waals surface area contributed by atoms with E-state index in [9.17, 15) is 9.59 Å². The number of Topliss-reactive ketones (excluding diaryl/α,β-unsaturated/α-hetero) is 1. The molecule has 3 heterocycles. The summed E-state index contributed by atoms with van der Waals surface area (Å²) in [6.45, 7) is 0.716. The quantitative estimate of drug-likeness (QED) is 0.912. The first-order valence-corrected chi connectivity index (χ1v) is 7.55. The minimum Gasteiger partial charge on any atom is -0.360 e. The van der Waals surface area contributed by atoms with Crippen molar-refractivity contribution < 1.29 is 9.59 Å². The van der Waals surface area contributed by atoms with E-state index in [0.29, 0.717) is 24.8 Å². The largest absolute Gasteiger partial charge is 0.360 e. The SMILES string of the molecule is O=C(CNc1nccnc1Cl)[C@H]1CCC2CCC(=O)N2C1. The minimum absolute atomic E-state index is 0.0914. The highest BCUT2D eigenvalue weighted by Gasteiger charge is 2.38. The smallest absolute Gasteiger partial charge is 0.222 e. The van der Waals surface area contributed by atoms with Gasteiger partial charge in [-0.25, -0.2) is 9.97 Å². The summed E-state index contributed by atoms with van der Waals surface area (Å²) >= 11 is 5.89. The van der Waals surface area contributed by atoms with E-state index in [-0.39, 0.29) is 29.3 Å². The molecule has 112 valence electrons. The van der Waals surface area contributed by atoms with E-state index in [1.165, 1.54) is 12.4 Å². The molecule has 0 spiro atoms. The summed E-state index contributed by atoms with van der Waals surface area (Å²) < 4.78 is 0. The molecule has 2 atom stereocenters. The van der Waals surface area contributed by atoms with Crippen molar-refractivity contribution in [3.05, 3.63) is 17.5 Å². The molecule has 7 heteroatoms. The molecule has 2 aliphatic rings.